The molecule has 7 heteroatoms. The Bertz CT molecular complexity index is 745. The molecule has 7 nitrogen and oxygen atoms in total. The van der Waals surface area contributed by atoms with E-state index in [2.05, 4.69) is 26.2 Å². The molecule has 0 aromatic carbocycles. The van der Waals surface area contributed by atoms with Gasteiger partial charge in [-0.2, -0.15) is 5.10 Å². The molecule has 132 valence electrons. The van der Waals surface area contributed by atoms with Gasteiger partial charge in [0.05, 0.1) is 12.4 Å². The number of carbonyl (C=O) groups is 1. The van der Waals surface area contributed by atoms with Gasteiger partial charge in [0.15, 0.2) is 0 Å². The molecule has 2 aliphatic rings. The summed E-state index contributed by atoms with van der Waals surface area (Å²) in [7, 11) is 1.95. The van der Waals surface area contributed by atoms with Crippen molar-refractivity contribution in [1.29, 1.82) is 0 Å². The Balaban J connectivity index is 1.41. The Labute approximate surface area is 147 Å². The Morgan fingerprint density at radius 3 is 2.88 bits per heavy atom. The quantitative estimate of drug-likeness (QED) is 0.843. The molecule has 0 unspecified atom stereocenters. The van der Waals surface area contributed by atoms with Crippen LogP contribution in [-0.2, 0) is 13.6 Å². The zero-order chi connectivity index (χ0) is 17.3. The second-order valence-corrected chi connectivity index (χ2v) is 7.40. The summed E-state index contributed by atoms with van der Waals surface area (Å²) in [4.78, 5) is 25.4. The SMILES string of the molecule is Cn1cc(CN2CC[C@]3(CCCN(C(=O)c4cnccn4)C3)C2)cn1. The van der Waals surface area contributed by atoms with E-state index in [4.69, 9.17) is 0 Å². The van der Waals surface area contributed by atoms with Crippen LogP contribution in [0.25, 0.3) is 0 Å². The first-order chi connectivity index (χ1) is 12.1. The summed E-state index contributed by atoms with van der Waals surface area (Å²) in [6.07, 6.45) is 12.2. The van der Waals surface area contributed by atoms with E-state index in [-0.39, 0.29) is 11.3 Å². The predicted octanol–water partition coefficient (Wildman–Crippen LogP) is 1.34. The number of aryl methyl sites for hydroxylation is 1. The van der Waals surface area contributed by atoms with Crippen LogP contribution in [0.2, 0.25) is 0 Å². The number of carbonyl (C=O) groups excluding carboxylic acids is 1. The van der Waals surface area contributed by atoms with Crippen LogP contribution in [0.3, 0.4) is 0 Å². The van der Waals surface area contributed by atoms with Gasteiger partial charge in [-0.15, -0.1) is 0 Å². The van der Waals surface area contributed by atoms with E-state index in [9.17, 15) is 4.79 Å². The molecule has 1 spiro atoms. The molecule has 2 saturated heterocycles. The van der Waals surface area contributed by atoms with Gasteiger partial charge in [-0.05, 0) is 25.8 Å². The molecule has 0 aliphatic carbocycles. The van der Waals surface area contributed by atoms with Gasteiger partial charge in [-0.3, -0.25) is 19.4 Å². The molecule has 2 fully saturated rings. The minimum Gasteiger partial charge on any atom is -0.337 e. The van der Waals surface area contributed by atoms with Crippen LogP contribution in [-0.4, -0.2) is 61.6 Å². The molecule has 0 radical (unpaired) electrons. The molecule has 4 heterocycles. The van der Waals surface area contributed by atoms with Crippen molar-refractivity contribution < 1.29 is 4.79 Å². The normalized spacial score (nSPS) is 24.1. The Kier molecular flexibility index (Phi) is 4.25. The van der Waals surface area contributed by atoms with E-state index in [1.54, 1.807) is 18.6 Å². The summed E-state index contributed by atoms with van der Waals surface area (Å²) < 4.78 is 1.85. The lowest BCUT2D eigenvalue weighted by molar-refractivity contribution is 0.0521. The van der Waals surface area contributed by atoms with Gasteiger partial charge in [0, 0.05) is 62.8 Å². The molecular formula is C18H24N6O. The summed E-state index contributed by atoms with van der Waals surface area (Å²) in [5, 5.41) is 4.26. The van der Waals surface area contributed by atoms with E-state index >= 15 is 0 Å². The van der Waals surface area contributed by atoms with Crippen molar-refractivity contribution in [2.24, 2.45) is 12.5 Å². The fourth-order valence-corrected chi connectivity index (χ4v) is 4.26. The number of likely N-dealkylation sites (tertiary alicyclic amines) is 2. The minimum absolute atomic E-state index is 0.0119. The third-order valence-corrected chi connectivity index (χ3v) is 5.41. The minimum atomic E-state index is 0.0119. The summed E-state index contributed by atoms with van der Waals surface area (Å²) in [6.45, 7) is 4.72. The molecular weight excluding hydrogens is 316 g/mol. The van der Waals surface area contributed by atoms with Crippen molar-refractivity contribution in [1.82, 2.24) is 29.5 Å². The van der Waals surface area contributed by atoms with Crippen LogP contribution in [0.4, 0.5) is 0 Å². The van der Waals surface area contributed by atoms with Crippen molar-refractivity contribution >= 4 is 5.91 Å². The van der Waals surface area contributed by atoms with Crippen molar-refractivity contribution in [2.45, 2.75) is 25.8 Å². The summed E-state index contributed by atoms with van der Waals surface area (Å²) in [6, 6.07) is 0. The van der Waals surface area contributed by atoms with Crippen molar-refractivity contribution in [3.63, 3.8) is 0 Å². The standard InChI is InChI=1S/C18H24N6O/c1-22-11-15(9-21-22)12-23-8-4-18(13-23)3-2-7-24(14-18)17(25)16-10-19-5-6-20-16/h5-6,9-11H,2-4,7-8,12-14H2,1H3/t18-/m1/s1. The van der Waals surface area contributed by atoms with Gasteiger partial charge in [-0.1, -0.05) is 0 Å². The van der Waals surface area contributed by atoms with Crippen LogP contribution in [0.15, 0.2) is 31.0 Å². The molecule has 0 saturated carbocycles. The highest BCUT2D eigenvalue weighted by molar-refractivity contribution is 5.92. The van der Waals surface area contributed by atoms with Crippen LogP contribution < -0.4 is 0 Å². The fourth-order valence-electron chi connectivity index (χ4n) is 4.26. The van der Waals surface area contributed by atoms with Gasteiger partial charge in [0.2, 0.25) is 0 Å². The van der Waals surface area contributed by atoms with Crippen molar-refractivity contribution in [3.05, 3.63) is 42.2 Å². The Morgan fingerprint density at radius 1 is 1.20 bits per heavy atom. The number of piperidine rings is 1. The molecule has 1 atom stereocenters. The second kappa shape index (κ2) is 6.55. The molecule has 2 aromatic rings. The van der Waals surface area contributed by atoms with Gasteiger partial charge in [-0.25, -0.2) is 4.98 Å². The lowest BCUT2D eigenvalue weighted by Crippen LogP contribution is -2.47. The molecule has 2 aliphatic heterocycles. The smallest absolute Gasteiger partial charge is 0.274 e. The first kappa shape index (κ1) is 16.2. The number of hydrogen-bond donors (Lipinski definition) is 0. The number of aromatic nitrogens is 4. The van der Waals surface area contributed by atoms with Gasteiger partial charge >= 0.3 is 0 Å². The maximum Gasteiger partial charge on any atom is 0.274 e. The monoisotopic (exact) mass is 340 g/mol. The highest BCUT2D eigenvalue weighted by Gasteiger charge is 2.42. The zero-order valence-electron chi connectivity index (χ0n) is 14.6. The highest BCUT2D eigenvalue weighted by atomic mass is 16.2. The first-order valence-corrected chi connectivity index (χ1v) is 8.89. The molecule has 1 amide bonds. The number of amides is 1. The topological polar surface area (TPSA) is 67.2 Å². The van der Waals surface area contributed by atoms with Crippen LogP contribution in [0.1, 0.15) is 35.3 Å². The number of hydrogen-bond acceptors (Lipinski definition) is 5. The molecule has 2 aromatic heterocycles. The van der Waals surface area contributed by atoms with E-state index in [0.29, 0.717) is 5.69 Å². The van der Waals surface area contributed by atoms with E-state index in [1.807, 2.05) is 22.8 Å². The van der Waals surface area contributed by atoms with Gasteiger partial charge < -0.3 is 4.90 Å². The maximum absolute atomic E-state index is 12.7. The number of rotatable bonds is 3. The molecule has 4 rings (SSSR count). The second-order valence-electron chi connectivity index (χ2n) is 7.40. The van der Waals surface area contributed by atoms with Crippen LogP contribution >= 0.6 is 0 Å². The van der Waals surface area contributed by atoms with E-state index < -0.39 is 0 Å². The maximum atomic E-state index is 12.7. The largest absolute Gasteiger partial charge is 0.337 e. The first-order valence-electron chi connectivity index (χ1n) is 8.89. The predicted molar refractivity (Wildman–Crippen MR) is 92.7 cm³/mol. The van der Waals surface area contributed by atoms with Gasteiger partial charge in [0.1, 0.15) is 5.69 Å². The lowest BCUT2D eigenvalue weighted by atomic mass is 9.79. The highest BCUT2D eigenvalue weighted by Crippen LogP contribution is 2.39. The molecule has 0 N–H and O–H groups in total. The molecule has 0 bridgehead atoms. The van der Waals surface area contributed by atoms with Crippen LogP contribution in [0, 0.1) is 5.41 Å². The average Bonchev–Trinajstić information content (AvgIpc) is 3.21. The lowest BCUT2D eigenvalue weighted by Gasteiger charge is -2.40. The summed E-state index contributed by atoms with van der Waals surface area (Å²) in [5.41, 5.74) is 1.92. The van der Waals surface area contributed by atoms with Crippen molar-refractivity contribution in [3.8, 4) is 0 Å². The van der Waals surface area contributed by atoms with E-state index in [1.165, 1.54) is 12.0 Å². The summed E-state index contributed by atoms with van der Waals surface area (Å²) >= 11 is 0. The van der Waals surface area contributed by atoms with E-state index in [0.717, 1.165) is 45.6 Å². The Hall–Kier alpha value is -2.28. The Morgan fingerprint density at radius 2 is 2.12 bits per heavy atom. The number of nitrogens with zero attached hydrogens (tertiary/aromatic N) is 6. The average molecular weight is 340 g/mol. The third-order valence-electron chi connectivity index (χ3n) is 5.41. The molecule has 25 heavy (non-hydrogen) atoms. The van der Waals surface area contributed by atoms with Crippen molar-refractivity contribution in [2.75, 3.05) is 26.2 Å². The zero-order valence-corrected chi connectivity index (χ0v) is 14.6. The third kappa shape index (κ3) is 3.42. The van der Waals surface area contributed by atoms with Gasteiger partial charge in [0.25, 0.3) is 5.91 Å². The summed E-state index contributed by atoms with van der Waals surface area (Å²) in [5.74, 6) is 0.0119. The fraction of sp³-hybridized carbons (Fsp3) is 0.556. The van der Waals surface area contributed by atoms with Crippen LogP contribution in [0.5, 0.6) is 0 Å².